The van der Waals surface area contributed by atoms with E-state index in [0.29, 0.717) is 17.1 Å². The molecule has 0 spiro atoms. The minimum atomic E-state index is 0.152. The Hall–Kier alpha value is -0.440. The third kappa shape index (κ3) is 4.06. The fourth-order valence-corrected chi connectivity index (χ4v) is 3.73. The maximum atomic E-state index is 11.2. The highest BCUT2D eigenvalue weighted by atomic mass is 32.2. The molecule has 0 radical (unpaired) electrons. The Kier molecular flexibility index (Phi) is 5.57. The molecule has 1 rings (SSSR count). The number of allylic oxidation sites excluding steroid dienone is 2. The molecule has 3 heteroatoms. The van der Waals surface area contributed by atoms with Crippen LogP contribution in [0.1, 0.15) is 46.5 Å². The molecule has 0 aromatic rings. The summed E-state index contributed by atoms with van der Waals surface area (Å²) in [5.41, 5.74) is 1.52. The Balaban J connectivity index is 2.52. The van der Waals surface area contributed by atoms with Gasteiger partial charge in [-0.15, -0.1) is 0 Å². The lowest BCUT2D eigenvalue weighted by Gasteiger charge is -2.39. The van der Waals surface area contributed by atoms with E-state index in [1.54, 1.807) is 7.05 Å². The standard InChI is InChI=1S/C14H25NOS/c1-11(2)14(8-5-12(3)6-9-14)17-10-7-13(16)15-4/h5,11H,6-10H2,1-4H3,(H,15,16). The monoisotopic (exact) mass is 255 g/mol. The molecule has 1 unspecified atom stereocenters. The van der Waals surface area contributed by atoms with Gasteiger partial charge in [0.05, 0.1) is 0 Å². The molecule has 0 heterocycles. The van der Waals surface area contributed by atoms with Crippen molar-refractivity contribution in [3.05, 3.63) is 11.6 Å². The Morgan fingerprint density at radius 3 is 2.76 bits per heavy atom. The Morgan fingerprint density at radius 1 is 1.59 bits per heavy atom. The van der Waals surface area contributed by atoms with E-state index >= 15 is 0 Å². The molecule has 17 heavy (non-hydrogen) atoms. The molecule has 1 N–H and O–H groups in total. The Labute approximate surface area is 110 Å². The number of carbonyl (C=O) groups excluding carboxylic acids is 1. The molecule has 0 aromatic carbocycles. The predicted molar refractivity (Wildman–Crippen MR) is 76.3 cm³/mol. The molecule has 0 fully saturated rings. The van der Waals surface area contributed by atoms with Crippen LogP contribution in [0.5, 0.6) is 0 Å². The van der Waals surface area contributed by atoms with Crippen molar-refractivity contribution in [3.63, 3.8) is 0 Å². The van der Waals surface area contributed by atoms with Crippen molar-refractivity contribution in [2.45, 2.75) is 51.2 Å². The van der Waals surface area contributed by atoms with E-state index in [1.807, 2.05) is 11.8 Å². The first kappa shape index (κ1) is 14.6. The van der Waals surface area contributed by atoms with Gasteiger partial charge in [-0.3, -0.25) is 4.79 Å². The highest BCUT2D eigenvalue weighted by Gasteiger charge is 2.34. The van der Waals surface area contributed by atoms with Crippen LogP contribution in [0, 0.1) is 5.92 Å². The SMILES string of the molecule is CNC(=O)CCSC1(C(C)C)CC=C(C)CC1. The average Bonchev–Trinajstić information content (AvgIpc) is 2.31. The van der Waals surface area contributed by atoms with E-state index < -0.39 is 0 Å². The first-order valence-corrected chi connectivity index (χ1v) is 7.49. The van der Waals surface area contributed by atoms with Crippen molar-refractivity contribution < 1.29 is 4.79 Å². The zero-order valence-corrected chi connectivity index (χ0v) is 12.3. The lowest BCUT2D eigenvalue weighted by atomic mass is 9.82. The molecule has 1 atom stereocenters. The largest absolute Gasteiger partial charge is 0.359 e. The molecule has 98 valence electrons. The molecular formula is C14H25NOS. The molecule has 1 aliphatic rings. The lowest BCUT2D eigenvalue weighted by molar-refractivity contribution is -0.120. The second-order valence-corrected chi connectivity index (χ2v) is 6.76. The van der Waals surface area contributed by atoms with Crippen LogP contribution in [-0.4, -0.2) is 23.5 Å². The summed E-state index contributed by atoms with van der Waals surface area (Å²) in [5.74, 6) is 1.76. The van der Waals surface area contributed by atoms with E-state index in [0.717, 1.165) is 12.2 Å². The van der Waals surface area contributed by atoms with Gasteiger partial charge in [-0.2, -0.15) is 11.8 Å². The summed E-state index contributed by atoms with van der Waals surface area (Å²) < 4.78 is 0.355. The van der Waals surface area contributed by atoms with Crippen molar-refractivity contribution in [1.29, 1.82) is 0 Å². The second kappa shape index (κ2) is 6.48. The van der Waals surface area contributed by atoms with E-state index in [-0.39, 0.29) is 5.91 Å². The first-order chi connectivity index (χ1) is 8.00. The number of rotatable bonds is 5. The van der Waals surface area contributed by atoms with Gasteiger partial charge in [-0.05, 0) is 32.1 Å². The fourth-order valence-electron chi connectivity index (χ4n) is 2.25. The van der Waals surface area contributed by atoms with Crippen LogP contribution in [0.25, 0.3) is 0 Å². The molecule has 0 aliphatic heterocycles. The van der Waals surface area contributed by atoms with Crippen LogP contribution in [0.15, 0.2) is 11.6 Å². The van der Waals surface area contributed by atoms with E-state index in [2.05, 4.69) is 32.2 Å². The molecular weight excluding hydrogens is 230 g/mol. The number of thioether (sulfide) groups is 1. The van der Waals surface area contributed by atoms with E-state index in [4.69, 9.17) is 0 Å². The van der Waals surface area contributed by atoms with Gasteiger partial charge >= 0.3 is 0 Å². The lowest BCUT2D eigenvalue weighted by Crippen LogP contribution is -2.34. The highest BCUT2D eigenvalue weighted by molar-refractivity contribution is 8.00. The second-order valence-electron chi connectivity index (χ2n) is 5.25. The summed E-state index contributed by atoms with van der Waals surface area (Å²) in [6.07, 6.45) is 6.65. The van der Waals surface area contributed by atoms with E-state index in [1.165, 1.54) is 18.4 Å². The zero-order valence-electron chi connectivity index (χ0n) is 11.5. The summed E-state index contributed by atoms with van der Waals surface area (Å²) in [6.45, 7) is 6.84. The number of nitrogens with one attached hydrogen (secondary N) is 1. The molecule has 1 amide bonds. The zero-order chi connectivity index (χ0) is 12.9. The normalized spacial score (nSPS) is 24.6. The van der Waals surface area contributed by atoms with Gasteiger partial charge in [-0.25, -0.2) is 0 Å². The van der Waals surface area contributed by atoms with Crippen molar-refractivity contribution in [2.24, 2.45) is 5.92 Å². The van der Waals surface area contributed by atoms with Crippen molar-refractivity contribution in [2.75, 3.05) is 12.8 Å². The third-order valence-corrected chi connectivity index (χ3v) is 5.61. The summed E-state index contributed by atoms with van der Waals surface area (Å²) in [5, 5.41) is 2.69. The van der Waals surface area contributed by atoms with Gasteiger partial charge in [0, 0.05) is 24.0 Å². The minimum Gasteiger partial charge on any atom is -0.359 e. The van der Waals surface area contributed by atoms with Crippen LogP contribution in [0.3, 0.4) is 0 Å². The maximum Gasteiger partial charge on any atom is 0.220 e. The quantitative estimate of drug-likeness (QED) is 0.763. The smallest absolute Gasteiger partial charge is 0.220 e. The molecule has 1 aliphatic carbocycles. The Morgan fingerprint density at radius 2 is 2.29 bits per heavy atom. The predicted octanol–water partition coefficient (Wildman–Crippen LogP) is 3.38. The fraction of sp³-hybridized carbons (Fsp3) is 0.786. The van der Waals surface area contributed by atoms with Crippen molar-refractivity contribution in [3.8, 4) is 0 Å². The molecule has 0 aromatic heterocycles. The Bertz CT molecular complexity index is 299. The summed E-state index contributed by atoms with van der Waals surface area (Å²) in [4.78, 5) is 11.2. The summed E-state index contributed by atoms with van der Waals surface area (Å²) >= 11 is 1.99. The van der Waals surface area contributed by atoms with Crippen molar-refractivity contribution in [1.82, 2.24) is 5.32 Å². The number of carbonyl (C=O) groups is 1. The van der Waals surface area contributed by atoms with Gasteiger partial charge in [-0.1, -0.05) is 25.5 Å². The molecule has 0 bridgehead atoms. The molecule has 0 saturated carbocycles. The number of hydrogen-bond donors (Lipinski definition) is 1. The van der Waals surface area contributed by atoms with Crippen LogP contribution in [0.2, 0.25) is 0 Å². The van der Waals surface area contributed by atoms with Crippen LogP contribution < -0.4 is 5.32 Å². The number of hydrogen-bond acceptors (Lipinski definition) is 2. The van der Waals surface area contributed by atoms with E-state index in [9.17, 15) is 4.79 Å². The summed E-state index contributed by atoms with van der Waals surface area (Å²) in [7, 11) is 1.71. The van der Waals surface area contributed by atoms with Gasteiger partial charge in [0.2, 0.25) is 5.91 Å². The maximum absolute atomic E-state index is 11.2. The van der Waals surface area contributed by atoms with Crippen molar-refractivity contribution >= 4 is 17.7 Å². The third-order valence-electron chi connectivity index (χ3n) is 3.79. The van der Waals surface area contributed by atoms with Crippen LogP contribution in [0.4, 0.5) is 0 Å². The summed E-state index contributed by atoms with van der Waals surface area (Å²) in [6, 6.07) is 0. The number of amides is 1. The topological polar surface area (TPSA) is 29.1 Å². The van der Waals surface area contributed by atoms with Crippen LogP contribution in [-0.2, 0) is 4.79 Å². The first-order valence-electron chi connectivity index (χ1n) is 6.50. The average molecular weight is 255 g/mol. The van der Waals surface area contributed by atoms with Gasteiger partial charge < -0.3 is 5.32 Å². The van der Waals surface area contributed by atoms with Gasteiger partial charge in [0.25, 0.3) is 0 Å². The highest BCUT2D eigenvalue weighted by Crippen LogP contribution is 2.44. The molecule has 2 nitrogen and oxygen atoms in total. The van der Waals surface area contributed by atoms with Gasteiger partial charge in [0.1, 0.15) is 0 Å². The van der Waals surface area contributed by atoms with Gasteiger partial charge in [0.15, 0.2) is 0 Å². The van der Waals surface area contributed by atoms with Crippen LogP contribution >= 0.6 is 11.8 Å². The molecule has 0 saturated heterocycles. The minimum absolute atomic E-state index is 0.152.